The number of hydrogen-bond acceptors (Lipinski definition) is 3. The van der Waals surface area contributed by atoms with Gasteiger partial charge in [-0.25, -0.2) is 13.6 Å². The van der Waals surface area contributed by atoms with Crippen LogP contribution in [0.3, 0.4) is 0 Å². The second-order valence-electron chi connectivity index (χ2n) is 7.17. The predicted molar refractivity (Wildman–Crippen MR) is 114 cm³/mol. The van der Waals surface area contributed by atoms with Crippen molar-refractivity contribution in [2.24, 2.45) is 0 Å². The number of carbonyl (C=O) groups is 2. The minimum Gasteiger partial charge on any atom is -0.372 e. The molecule has 0 saturated carbocycles. The van der Waals surface area contributed by atoms with Crippen LogP contribution in [0.2, 0.25) is 0 Å². The van der Waals surface area contributed by atoms with Crippen molar-refractivity contribution in [3.8, 4) is 0 Å². The molecule has 1 heterocycles. The Kier molecular flexibility index (Phi) is 6.54. The van der Waals surface area contributed by atoms with Crippen molar-refractivity contribution in [2.75, 3.05) is 47.8 Å². The third-order valence-corrected chi connectivity index (χ3v) is 5.26. The van der Waals surface area contributed by atoms with Gasteiger partial charge < -0.3 is 15.1 Å². The highest BCUT2D eigenvalue weighted by Gasteiger charge is 2.31. The second kappa shape index (κ2) is 9.11. The maximum atomic E-state index is 13.5. The van der Waals surface area contributed by atoms with Gasteiger partial charge in [-0.1, -0.05) is 0 Å². The molecular weight excluding hydrogens is 390 g/mol. The average Bonchev–Trinajstić information content (AvgIpc) is 3.07. The van der Waals surface area contributed by atoms with E-state index >= 15 is 0 Å². The Bertz CT molecular complexity index is 947. The molecule has 0 atom stereocenters. The first-order valence-electron chi connectivity index (χ1n) is 10.0. The van der Waals surface area contributed by atoms with Gasteiger partial charge in [0.2, 0.25) is 5.91 Å². The molecule has 0 aliphatic carbocycles. The van der Waals surface area contributed by atoms with Crippen LogP contribution in [0.4, 0.5) is 30.6 Å². The molecule has 0 unspecified atom stereocenters. The highest BCUT2D eigenvalue weighted by atomic mass is 19.2. The van der Waals surface area contributed by atoms with Crippen molar-refractivity contribution in [1.29, 1.82) is 0 Å². The van der Waals surface area contributed by atoms with Crippen molar-refractivity contribution >= 4 is 29.0 Å². The summed E-state index contributed by atoms with van der Waals surface area (Å²) in [5.74, 6) is -2.29. The fourth-order valence-corrected chi connectivity index (χ4v) is 3.56. The largest absolute Gasteiger partial charge is 0.372 e. The monoisotopic (exact) mass is 416 g/mol. The van der Waals surface area contributed by atoms with E-state index in [4.69, 9.17) is 0 Å². The first kappa shape index (κ1) is 21.5. The number of rotatable bonds is 7. The minimum atomic E-state index is -1.01. The van der Waals surface area contributed by atoms with Gasteiger partial charge in [-0.2, -0.15) is 0 Å². The highest BCUT2D eigenvalue weighted by Crippen LogP contribution is 2.24. The lowest BCUT2D eigenvalue weighted by atomic mass is 10.1. The van der Waals surface area contributed by atoms with Crippen LogP contribution in [0.15, 0.2) is 36.4 Å². The molecule has 2 aromatic rings. The van der Waals surface area contributed by atoms with Gasteiger partial charge in [0, 0.05) is 49.3 Å². The van der Waals surface area contributed by atoms with E-state index in [1.54, 1.807) is 0 Å². The Labute approximate surface area is 175 Å². The zero-order chi connectivity index (χ0) is 21.8. The SMILES string of the molecule is CCN(CC)c1ccc(NC(=O)CN2CCN(c3ccc(F)c(F)c3)C2=O)c(C)c1. The summed E-state index contributed by atoms with van der Waals surface area (Å²) in [6, 6.07) is 8.75. The second-order valence-corrected chi connectivity index (χ2v) is 7.17. The molecule has 2 aromatic carbocycles. The van der Waals surface area contributed by atoms with E-state index in [2.05, 4.69) is 24.1 Å². The first-order chi connectivity index (χ1) is 14.3. The summed E-state index contributed by atoms with van der Waals surface area (Å²) in [5.41, 5.74) is 2.99. The standard InChI is InChI=1S/C22H26F2N4O2/c1-4-26(5-2)16-7-9-20(15(3)12-16)25-21(29)14-27-10-11-28(22(27)30)17-6-8-18(23)19(24)13-17/h6-9,12-13H,4-5,10-11,14H2,1-3H3,(H,25,29). The lowest BCUT2D eigenvalue weighted by molar-refractivity contribution is -0.116. The summed E-state index contributed by atoms with van der Waals surface area (Å²) in [7, 11) is 0. The smallest absolute Gasteiger partial charge is 0.325 e. The van der Waals surface area contributed by atoms with Gasteiger partial charge in [-0.05, 0) is 56.7 Å². The average molecular weight is 416 g/mol. The van der Waals surface area contributed by atoms with Crippen LogP contribution in [0.1, 0.15) is 19.4 Å². The Hall–Kier alpha value is -3.16. The van der Waals surface area contributed by atoms with Crippen LogP contribution in [-0.2, 0) is 4.79 Å². The Morgan fingerprint density at radius 3 is 2.43 bits per heavy atom. The highest BCUT2D eigenvalue weighted by molar-refractivity contribution is 5.99. The molecule has 3 amide bonds. The molecule has 1 N–H and O–H groups in total. The van der Waals surface area contributed by atoms with Crippen molar-refractivity contribution in [3.63, 3.8) is 0 Å². The summed E-state index contributed by atoms with van der Waals surface area (Å²) in [4.78, 5) is 30.0. The zero-order valence-electron chi connectivity index (χ0n) is 17.4. The lowest BCUT2D eigenvalue weighted by Crippen LogP contribution is -2.37. The van der Waals surface area contributed by atoms with E-state index < -0.39 is 17.7 Å². The van der Waals surface area contributed by atoms with E-state index in [9.17, 15) is 18.4 Å². The molecule has 1 saturated heterocycles. The quantitative estimate of drug-likeness (QED) is 0.742. The number of urea groups is 1. The molecule has 1 aliphatic rings. The van der Waals surface area contributed by atoms with Gasteiger partial charge in [0.1, 0.15) is 6.54 Å². The number of hydrogen-bond donors (Lipinski definition) is 1. The van der Waals surface area contributed by atoms with E-state index in [0.717, 1.165) is 36.5 Å². The number of benzene rings is 2. The lowest BCUT2D eigenvalue weighted by Gasteiger charge is -2.22. The molecule has 6 nitrogen and oxygen atoms in total. The first-order valence-corrected chi connectivity index (χ1v) is 10.0. The Morgan fingerprint density at radius 2 is 1.80 bits per heavy atom. The number of nitrogens with one attached hydrogen (secondary N) is 1. The Morgan fingerprint density at radius 1 is 1.07 bits per heavy atom. The normalized spacial score (nSPS) is 13.7. The molecule has 0 radical (unpaired) electrons. The van der Waals surface area contributed by atoms with Crippen molar-refractivity contribution in [2.45, 2.75) is 20.8 Å². The fraction of sp³-hybridized carbons (Fsp3) is 0.364. The number of amides is 3. The summed E-state index contributed by atoms with van der Waals surface area (Å²) >= 11 is 0. The Balaban J connectivity index is 1.62. The van der Waals surface area contributed by atoms with E-state index in [0.29, 0.717) is 18.8 Å². The molecule has 0 bridgehead atoms. The fourth-order valence-electron chi connectivity index (χ4n) is 3.56. The van der Waals surface area contributed by atoms with Crippen molar-refractivity contribution in [3.05, 3.63) is 53.6 Å². The van der Waals surface area contributed by atoms with Crippen LogP contribution in [0, 0.1) is 18.6 Å². The molecule has 1 fully saturated rings. The summed E-state index contributed by atoms with van der Waals surface area (Å²) in [6.45, 7) is 8.40. The minimum absolute atomic E-state index is 0.115. The van der Waals surface area contributed by atoms with Gasteiger partial charge in [-0.15, -0.1) is 0 Å². The topological polar surface area (TPSA) is 55.9 Å². The predicted octanol–water partition coefficient (Wildman–Crippen LogP) is 4.00. The van der Waals surface area contributed by atoms with Crippen LogP contribution in [0.5, 0.6) is 0 Å². The molecule has 1 aliphatic heterocycles. The van der Waals surface area contributed by atoms with Gasteiger partial charge in [0.25, 0.3) is 0 Å². The number of carbonyl (C=O) groups excluding carboxylic acids is 2. The van der Waals surface area contributed by atoms with Crippen LogP contribution in [-0.4, -0.2) is 49.6 Å². The van der Waals surface area contributed by atoms with Crippen molar-refractivity contribution < 1.29 is 18.4 Å². The third-order valence-electron chi connectivity index (χ3n) is 5.26. The summed E-state index contributed by atoms with van der Waals surface area (Å²) in [6.07, 6.45) is 0. The number of anilines is 3. The van der Waals surface area contributed by atoms with E-state index in [-0.39, 0.29) is 18.1 Å². The number of nitrogens with zero attached hydrogens (tertiary/aromatic N) is 3. The maximum absolute atomic E-state index is 13.5. The van der Waals surface area contributed by atoms with Crippen LogP contribution >= 0.6 is 0 Å². The van der Waals surface area contributed by atoms with Crippen LogP contribution in [0.25, 0.3) is 0 Å². The van der Waals surface area contributed by atoms with E-state index in [1.807, 2.05) is 25.1 Å². The maximum Gasteiger partial charge on any atom is 0.325 e. The van der Waals surface area contributed by atoms with Gasteiger partial charge in [0.05, 0.1) is 0 Å². The molecule has 160 valence electrons. The number of aryl methyl sites for hydroxylation is 1. The molecular formula is C22H26F2N4O2. The third kappa shape index (κ3) is 4.53. The van der Waals surface area contributed by atoms with Crippen molar-refractivity contribution in [1.82, 2.24) is 4.90 Å². The summed E-state index contributed by atoms with van der Waals surface area (Å²) in [5, 5.41) is 2.85. The molecule has 0 aromatic heterocycles. The zero-order valence-corrected chi connectivity index (χ0v) is 17.4. The van der Waals surface area contributed by atoms with Gasteiger partial charge in [0.15, 0.2) is 11.6 Å². The molecule has 3 rings (SSSR count). The number of halogens is 2. The molecule has 0 spiro atoms. The van der Waals surface area contributed by atoms with Gasteiger partial charge in [-0.3, -0.25) is 9.69 Å². The molecule has 30 heavy (non-hydrogen) atoms. The van der Waals surface area contributed by atoms with E-state index in [1.165, 1.54) is 15.9 Å². The van der Waals surface area contributed by atoms with Crippen LogP contribution < -0.4 is 15.1 Å². The summed E-state index contributed by atoms with van der Waals surface area (Å²) < 4.78 is 26.6. The van der Waals surface area contributed by atoms with Gasteiger partial charge >= 0.3 is 6.03 Å². The molecule has 8 heteroatoms.